The molecule has 2 aliphatic rings. The summed E-state index contributed by atoms with van der Waals surface area (Å²) in [5.41, 5.74) is 2.34. The van der Waals surface area contributed by atoms with Crippen LogP contribution in [0.15, 0.2) is 60.7 Å². The van der Waals surface area contributed by atoms with Gasteiger partial charge in [0.15, 0.2) is 0 Å². The summed E-state index contributed by atoms with van der Waals surface area (Å²) in [6.07, 6.45) is 6.72. The number of carbonyl (C=O) groups is 1. The quantitative estimate of drug-likeness (QED) is 0.662. The summed E-state index contributed by atoms with van der Waals surface area (Å²) in [4.78, 5) is 15.4. The zero-order valence-electron chi connectivity index (χ0n) is 16.6. The number of rotatable bonds is 6. The van der Waals surface area contributed by atoms with Crippen LogP contribution in [0.25, 0.3) is 0 Å². The van der Waals surface area contributed by atoms with Crippen molar-refractivity contribution in [1.82, 2.24) is 4.90 Å². The number of fused-ring (bicyclic) bond motifs is 1. The minimum absolute atomic E-state index is 0.0486. The first-order valence-corrected chi connectivity index (χ1v) is 10.8. The van der Waals surface area contributed by atoms with Crippen molar-refractivity contribution in [3.8, 4) is 0 Å². The first-order chi connectivity index (χ1) is 13.8. The highest BCUT2D eigenvalue weighted by Crippen LogP contribution is 2.32. The predicted molar refractivity (Wildman–Crippen MR) is 112 cm³/mol. The van der Waals surface area contributed by atoms with E-state index in [0.717, 1.165) is 0 Å². The van der Waals surface area contributed by atoms with E-state index in [9.17, 15) is 4.79 Å². The average Bonchev–Trinajstić information content (AvgIpc) is 2.77. The van der Waals surface area contributed by atoms with E-state index in [0.29, 0.717) is 25.0 Å². The monoisotopic (exact) mass is 377 g/mol. The molecule has 2 aromatic carbocycles. The van der Waals surface area contributed by atoms with Gasteiger partial charge in [-0.05, 0) is 49.9 Å². The standard InChI is InChI=1S/C25H31NO2/c27-25(28-19-22-14-9-17-26-16-8-7-15-24(22)26)18-23(20-10-3-1-4-11-20)21-12-5-2-6-13-21/h1-6,10-13,22-24H,7-9,14-19H2/t22-,24+/m0/s1. The second-order valence-electron chi connectivity index (χ2n) is 8.26. The highest BCUT2D eigenvalue weighted by atomic mass is 16.5. The molecule has 0 spiro atoms. The number of piperidine rings is 2. The van der Waals surface area contributed by atoms with Crippen molar-refractivity contribution in [3.05, 3.63) is 71.8 Å². The molecule has 4 rings (SSSR count). The van der Waals surface area contributed by atoms with Crippen LogP contribution < -0.4 is 0 Å². The molecule has 2 aliphatic heterocycles. The van der Waals surface area contributed by atoms with Crippen molar-refractivity contribution < 1.29 is 9.53 Å². The van der Waals surface area contributed by atoms with E-state index in [-0.39, 0.29) is 11.9 Å². The molecule has 2 atom stereocenters. The summed E-state index contributed by atoms with van der Waals surface area (Å²) in [5.74, 6) is 0.475. The van der Waals surface area contributed by atoms with Gasteiger partial charge < -0.3 is 4.74 Å². The van der Waals surface area contributed by atoms with Crippen molar-refractivity contribution >= 4 is 5.97 Å². The lowest BCUT2D eigenvalue weighted by Gasteiger charge is -2.44. The Morgan fingerprint density at radius 1 is 0.893 bits per heavy atom. The fourth-order valence-electron chi connectivity index (χ4n) is 5.00. The number of benzene rings is 2. The molecule has 2 aromatic rings. The molecule has 28 heavy (non-hydrogen) atoms. The second-order valence-corrected chi connectivity index (χ2v) is 8.26. The third-order valence-electron chi connectivity index (χ3n) is 6.46. The molecule has 2 heterocycles. The Balaban J connectivity index is 1.39. The van der Waals surface area contributed by atoms with E-state index in [1.54, 1.807) is 0 Å². The maximum Gasteiger partial charge on any atom is 0.306 e. The molecule has 0 amide bonds. The summed E-state index contributed by atoms with van der Waals surface area (Å²) < 4.78 is 5.84. The molecule has 2 saturated heterocycles. The zero-order valence-corrected chi connectivity index (χ0v) is 16.6. The smallest absolute Gasteiger partial charge is 0.306 e. The van der Waals surface area contributed by atoms with Crippen LogP contribution in [0.4, 0.5) is 0 Å². The summed E-state index contributed by atoms with van der Waals surface area (Å²) in [7, 11) is 0. The molecule has 0 aliphatic carbocycles. The molecule has 0 saturated carbocycles. The van der Waals surface area contributed by atoms with Crippen LogP contribution in [0.5, 0.6) is 0 Å². The fraction of sp³-hybridized carbons (Fsp3) is 0.480. The van der Waals surface area contributed by atoms with Gasteiger partial charge in [-0.15, -0.1) is 0 Å². The van der Waals surface area contributed by atoms with Crippen LogP contribution >= 0.6 is 0 Å². The van der Waals surface area contributed by atoms with E-state index < -0.39 is 0 Å². The lowest BCUT2D eigenvalue weighted by molar-refractivity contribution is -0.146. The van der Waals surface area contributed by atoms with Crippen molar-refractivity contribution in [3.63, 3.8) is 0 Å². The number of nitrogens with zero attached hydrogens (tertiary/aromatic N) is 1. The first-order valence-electron chi connectivity index (χ1n) is 10.8. The van der Waals surface area contributed by atoms with Crippen LogP contribution in [0.1, 0.15) is 55.6 Å². The van der Waals surface area contributed by atoms with Crippen LogP contribution in [0, 0.1) is 5.92 Å². The normalized spacial score (nSPS) is 22.6. The van der Waals surface area contributed by atoms with Gasteiger partial charge in [0.1, 0.15) is 0 Å². The van der Waals surface area contributed by atoms with Gasteiger partial charge in [0, 0.05) is 17.9 Å². The molecule has 0 bridgehead atoms. The highest BCUT2D eigenvalue weighted by Gasteiger charge is 2.33. The van der Waals surface area contributed by atoms with Gasteiger partial charge >= 0.3 is 5.97 Å². The Morgan fingerprint density at radius 3 is 2.21 bits per heavy atom. The number of hydrogen-bond acceptors (Lipinski definition) is 3. The van der Waals surface area contributed by atoms with E-state index in [1.165, 1.54) is 56.3 Å². The first kappa shape index (κ1) is 19.2. The summed E-state index contributed by atoms with van der Waals surface area (Å²) in [6.45, 7) is 3.02. The largest absolute Gasteiger partial charge is 0.465 e. The van der Waals surface area contributed by atoms with Gasteiger partial charge in [-0.1, -0.05) is 67.1 Å². The summed E-state index contributed by atoms with van der Waals surface area (Å²) in [6, 6.07) is 21.2. The lowest BCUT2D eigenvalue weighted by Crippen LogP contribution is -2.49. The molecule has 0 aromatic heterocycles. The van der Waals surface area contributed by atoms with Crippen LogP contribution in [-0.2, 0) is 9.53 Å². The van der Waals surface area contributed by atoms with Crippen LogP contribution in [0.2, 0.25) is 0 Å². The average molecular weight is 378 g/mol. The minimum atomic E-state index is -0.0781. The Hall–Kier alpha value is -2.13. The fourth-order valence-corrected chi connectivity index (χ4v) is 5.00. The SMILES string of the molecule is O=C(CC(c1ccccc1)c1ccccc1)OC[C@@H]1CCCN2CCCC[C@H]12. The number of ether oxygens (including phenoxy) is 1. The van der Waals surface area contributed by atoms with E-state index in [2.05, 4.69) is 29.2 Å². The number of esters is 1. The molecule has 148 valence electrons. The van der Waals surface area contributed by atoms with Crippen molar-refractivity contribution in [2.45, 2.75) is 50.5 Å². The second kappa shape index (κ2) is 9.38. The van der Waals surface area contributed by atoms with Gasteiger partial charge in [-0.2, -0.15) is 0 Å². The third kappa shape index (κ3) is 4.64. The van der Waals surface area contributed by atoms with E-state index in [4.69, 9.17) is 4.74 Å². The number of hydrogen-bond donors (Lipinski definition) is 0. The molecular weight excluding hydrogens is 346 g/mol. The maximum absolute atomic E-state index is 12.8. The van der Waals surface area contributed by atoms with Gasteiger partial charge in [0.25, 0.3) is 0 Å². The lowest BCUT2D eigenvalue weighted by atomic mass is 9.84. The number of carbonyl (C=O) groups excluding carboxylic acids is 1. The van der Waals surface area contributed by atoms with E-state index in [1.807, 2.05) is 36.4 Å². The molecule has 0 unspecified atom stereocenters. The topological polar surface area (TPSA) is 29.5 Å². The Kier molecular flexibility index (Phi) is 6.43. The minimum Gasteiger partial charge on any atom is -0.465 e. The van der Waals surface area contributed by atoms with Crippen LogP contribution in [-0.4, -0.2) is 36.6 Å². The van der Waals surface area contributed by atoms with Crippen LogP contribution in [0.3, 0.4) is 0 Å². The van der Waals surface area contributed by atoms with Crippen molar-refractivity contribution in [1.29, 1.82) is 0 Å². The summed E-state index contributed by atoms with van der Waals surface area (Å²) >= 11 is 0. The van der Waals surface area contributed by atoms with Gasteiger partial charge in [-0.25, -0.2) is 0 Å². The highest BCUT2D eigenvalue weighted by molar-refractivity contribution is 5.71. The Morgan fingerprint density at radius 2 is 1.54 bits per heavy atom. The Labute approximate surface area is 168 Å². The molecule has 0 N–H and O–H groups in total. The van der Waals surface area contributed by atoms with Gasteiger partial charge in [0.05, 0.1) is 13.0 Å². The van der Waals surface area contributed by atoms with Gasteiger partial charge in [0.2, 0.25) is 0 Å². The van der Waals surface area contributed by atoms with Crippen molar-refractivity contribution in [2.75, 3.05) is 19.7 Å². The summed E-state index contributed by atoms with van der Waals surface area (Å²) in [5, 5.41) is 0. The third-order valence-corrected chi connectivity index (χ3v) is 6.46. The Bertz CT molecular complexity index is 704. The maximum atomic E-state index is 12.8. The van der Waals surface area contributed by atoms with Crippen molar-refractivity contribution in [2.24, 2.45) is 5.92 Å². The molecule has 3 heteroatoms. The molecule has 0 radical (unpaired) electrons. The molecule has 2 fully saturated rings. The zero-order chi connectivity index (χ0) is 19.2. The molecule has 3 nitrogen and oxygen atoms in total. The molecular formula is C25H31NO2. The van der Waals surface area contributed by atoms with Gasteiger partial charge in [-0.3, -0.25) is 9.69 Å². The predicted octanol–water partition coefficient (Wildman–Crippen LogP) is 5.02. The van der Waals surface area contributed by atoms with E-state index >= 15 is 0 Å².